The SMILES string of the molecule is CC(C)(C)OC(=O)N[C@H](Cc1c[nH]c2ccccc12)C(=O)NNC(=O)SCC(=O)N1CCOc2ccccc21. The molecule has 0 spiro atoms. The summed E-state index contributed by atoms with van der Waals surface area (Å²) in [6, 6.07) is 13.7. The van der Waals surface area contributed by atoms with E-state index in [9.17, 15) is 19.2 Å². The largest absolute Gasteiger partial charge is 0.490 e. The zero-order chi connectivity index (χ0) is 28.0. The highest BCUT2D eigenvalue weighted by Crippen LogP contribution is 2.31. The maximum Gasteiger partial charge on any atom is 0.408 e. The zero-order valence-corrected chi connectivity index (χ0v) is 22.7. The number of rotatable bonds is 6. The molecule has 0 unspecified atom stereocenters. The second-order valence-electron chi connectivity index (χ2n) is 9.81. The number of aromatic amines is 1. The van der Waals surface area contributed by atoms with Crippen LogP contribution in [-0.2, 0) is 20.7 Å². The number of fused-ring (bicyclic) bond motifs is 2. The van der Waals surface area contributed by atoms with Gasteiger partial charge < -0.3 is 24.7 Å². The van der Waals surface area contributed by atoms with E-state index in [0.717, 1.165) is 28.2 Å². The molecule has 0 fully saturated rings. The lowest BCUT2D eigenvalue weighted by Gasteiger charge is -2.29. The lowest BCUT2D eigenvalue weighted by atomic mass is 10.0. The fraction of sp³-hybridized carbons (Fsp3) is 0.333. The van der Waals surface area contributed by atoms with Crippen molar-refractivity contribution in [1.29, 1.82) is 0 Å². The molecule has 11 nitrogen and oxygen atoms in total. The standard InChI is InChI=1S/C27H31N5O6S/c1-27(2,3)38-25(35)29-20(14-17-15-28-19-9-5-4-8-18(17)19)24(34)30-31-26(36)39-16-23(33)32-12-13-37-22-11-7-6-10-21(22)32/h4-11,15,20,28H,12-14,16H2,1-3H3,(H,29,35)(H,30,34)(H,31,36)/t20-/m1/s1. The molecule has 4 rings (SSSR count). The number of carbonyl (C=O) groups is 4. The van der Waals surface area contributed by atoms with Gasteiger partial charge in [-0.2, -0.15) is 0 Å². The van der Waals surface area contributed by atoms with Gasteiger partial charge in [0.2, 0.25) is 5.91 Å². The molecule has 1 aliphatic rings. The van der Waals surface area contributed by atoms with Crippen LogP contribution in [0.1, 0.15) is 26.3 Å². The molecule has 12 heteroatoms. The number of hydrazine groups is 1. The number of alkyl carbamates (subject to hydrolysis) is 1. The highest BCUT2D eigenvalue weighted by atomic mass is 32.2. The van der Waals surface area contributed by atoms with Gasteiger partial charge in [0, 0.05) is 23.5 Å². The van der Waals surface area contributed by atoms with Gasteiger partial charge in [0.1, 0.15) is 24.0 Å². The van der Waals surface area contributed by atoms with Gasteiger partial charge in [-0.25, -0.2) is 4.79 Å². The molecule has 206 valence electrons. The molecule has 1 atom stereocenters. The van der Waals surface area contributed by atoms with Crippen LogP contribution in [0.25, 0.3) is 10.9 Å². The van der Waals surface area contributed by atoms with Crippen LogP contribution in [0.2, 0.25) is 0 Å². The minimum atomic E-state index is -1.05. The number of hydrogen-bond donors (Lipinski definition) is 4. The summed E-state index contributed by atoms with van der Waals surface area (Å²) in [7, 11) is 0. The Hall–Kier alpha value is -4.19. The third-order valence-electron chi connectivity index (χ3n) is 5.75. The molecule has 2 aromatic carbocycles. The van der Waals surface area contributed by atoms with Gasteiger partial charge in [0.25, 0.3) is 11.1 Å². The first-order valence-corrected chi connectivity index (χ1v) is 13.4. The molecule has 0 bridgehead atoms. The summed E-state index contributed by atoms with van der Waals surface area (Å²) >= 11 is 0.722. The number of aromatic nitrogens is 1. The van der Waals surface area contributed by atoms with E-state index in [1.807, 2.05) is 30.3 Å². The number of para-hydroxylation sites is 3. The van der Waals surface area contributed by atoms with Crippen molar-refractivity contribution >= 4 is 51.5 Å². The fourth-order valence-electron chi connectivity index (χ4n) is 4.05. The van der Waals surface area contributed by atoms with Crippen molar-refractivity contribution in [2.24, 2.45) is 0 Å². The molecule has 1 aliphatic heterocycles. The first kappa shape index (κ1) is 27.8. The molecule has 0 saturated carbocycles. The van der Waals surface area contributed by atoms with Crippen molar-refractivity contribution in [3.8, 4) is 5.75 Å². The highest BCUT2D eigenvalue weighted by molar-refractivity contribution is 8.14. The summed E-state index contributed by atoms with van der Waals surface area (Å²) in [6.07, 6.45) is 1.15. The Bertz CT molecular complexity index is 1370. The van der Waals surface area contributed by atoms with Crippen molar-refractivity contribution in [2.75, 3.05) is 23.8 Å². The number of nitrogens with zero attached hydrogens (tertiary/aromatic N) is 1. The maximum absolute atomic E-state index is 13.0. The van der Waals surface area contributed by atoms with Crippen molar-refractivity contribution in [3.63, 3.8) is 0 Å². The second kappa shape index (κ2) is 12.1. The first-order chi connectivity index (χ1) is 18.6. The summed E-state index contributed by atoms with van der Waals surface area (Å²) in [5, 5.41) is 2.87. The van der Waals surface area contributed by atoms with Crippen LogP contribution in [0.3, 0.4) is 0 Å². The van der Waals surface area contributed by atoms with Crippen molar-refractivity contribution < 1.29 is 28.7 Å². The van der Waals surface area contributed by atoms with E-state index >= 15 is 0 Å². The molecular weight excluding hydrogens is 522 g/mol. The molecule has 39 heavy (non-hydrogen) atoms. The summed E-state index contributed by atoms with van der Waals surface area (Å²) in [5.41, 5.74) is 6.24. The predicted molar refractivity (Wildman–Crippen MR) is 149 cm³/mol. The van der Waals surface area contributed by atoms with Crippen LogP contribution in [0.5, 0.6) is 5.75 Å². The summed E-state index contributed by atoms with van der Waals surface area (Å²) in [6.45, 7) is 5.89. The number of thioether (sulfide) groups is 1. The van der Waals surface area contributed by atoms with Crippen molar-refractivity contribution in [3.05, 3.63) is 60.3 Å². The van der Waals surface area contributed by atoms with E-state index < -0.39 is 28.9 Å². The van der Waals surface area contributed by atoms with Crippen molar-refractivity contribution in [2.45, 2.75) is 38.8 Å². The van der Waals surface area contributed by atoms with E-state index in [1.54, 1.807) is 50.1 Å². The summed E-state index contributed by atoms with van der Waals surface area (Å²) < 4.78 is 10.9. The Morgan fingerprint density at radius 2 is 1.82 bits per heavy atom. The molecular formula is C27H31N5O6S. The molecule has 0 saturated heterocycles. The topological polar surface area (TPSA) is 142 Å². The van der Waals surface area contributed by atoms with Gasteiger partial charge in [-0.3, -0.25) is 25.2 Å². The van der Waals surface area contributed by atoms with Crippen LogP contribution in [0.15, 0.2) is 54.7 Å². The minimum Gasteiger partial charge on any atom is -0.490 e. The van der Waals surface area contributed by atoms with Gasteiger partial charge in [-0.1, -0.05) is 42.1 Å². The highest BCUT2D eigenvalue weighted by Gasteiger charge is 2.27. The fourth-order valence-corrected chi connectivity index (χ4v) is 4.58. The number of benzene rings is 2. The Balaban J connectivity index is 1.34. The average Bonchev–Trinajstić information content (AvgIpc) is 3.31. The number of nitrogens with one attached hydrogen (secondary N) is 4. The minimum absolute atomic E-state index is 0.134. The molecule has 0 aliphatic carbocycles. The van der Waals surface area contributed by atoms with E-state index in [1.165, 1.54) is 0 Å². The Morgan fingerprint density at radius 3 is 2.62 bits per heavy atom. The monoisotopic (exact) mass is 553 g/mol. The first-order valence-electron chi connectivity index (χ1n) is 12.4. The number of carbonyl (C=O) groups excluding carboxylic acids is 4. The van der Waals surface area contributed by atoms with Gasteiger partial charge in [-0.15, -0.1) is 0 Å². The molecule has 1 aromatic heterocycles. The van der Waals surface area contributed by atoms with E-state index in [-0.39, 0.29) is 18.1 Å². The van der Waals surface area contributed by atoms with Crippen LogP contribution in [-0.4, -0.2) is 58.7 Å². The third kappa shape index (κ3) is 7.44. The predicted octanol–water partition coefficient (Wildman–Crippen LogP) is 3.50. The summed E-state index contributed by atoms with van der Waals surface area (Å²) in [4.78, 5) is 55.4. The summed E-state index contributed by atoms with van der Waals surface area (Å²) in [5.74, 6) is -0.433. The number of ether oxygens (including phenoxy) is 2. The smallest absolute Gasteiger partial charge is 0.408 e. The van der Waals surface area contributed by atoms with E-state index in [0.29, 0.717) is 24.6 Å². The molecule has 2 heterocycles. The number of hydrogen-bond acceptors (Lipinski definition) is 7. The van der Waals surface area contributed by atoms with Crippen LogP contribution in [0.4, 0.5) is 15.3 Å². The Morgan fingerprint density at radius 1 is 1.08 bits per heavy atom. The lowest BCUT2D eigenvalue weighted by molar-refractivity contribution is -0.123. The van der Waals surface area contributed by atoms with Gasteiger partial charge in [0.15, 0.2) is 0 Å². The van der Waals surface area contributed by atoms with Crippen molar-refractivity contribution in [1.82, 2.24) is 21.2 Å². The second-order valence-corrected chi connectivity index (χ2v) is 10.8. The Kier molecular flexibility index (Phi) is 8.65. The normalized spacial score (nSPS) is 13.6. The van der Waals surface area contributed by atoms with E-state index in [2.05, 4.69) is 21.2 Å². The van der Waals surface area contributed by atoms with Gasteiger partial charge >= 0.3 is 6.09 Å². The molecule has 4 N–H and O–H groups in total. The van der Waals surface area contributed by atoms with Crippen LogP contribution >= 0.6 is 11.8 Å². The van der Waals surface area contributed by atoms with Gasteiger partial charge in [-0.05, 0) is 44.5 Å². The van der Waals surface area contributed by atoms with Crippen LogP contribution in [0, 0.1) is 0 Å². The number of amides is 4. The van der Waals surface area contributed by atoms with Gasteiger partial charge in [0.05, 0.1) is 18.0 Å². The third-order valence-corrected chi connectivity index (χ3v) is 6.51. The van der Waals surface area contributed by atoms with E-state index in [4.69, 9.17) is 9.47 Å². The maximum atomic E-state index is 13.0. The molecule has 4 amide bonds. The quantitative estimate of drug-likeness (QED) is 0.342. The molecule has 3 aromatic rings. The van der Waals surface area contributed by atoms with Crippen LogP contribution < -0.4 is 25.8 Å². The zero-order valence-electron chi connectivity index (χ0n) is 21.9. The Labute approximate surface area is 229 Å². The number of H-pyrrole nitrogens is 1. The molecule has 0 radical (unpaired) electrons. The average molecular weight is 554 g/mol. The lowest BCUT2D eigenvalue weighted by Crippen LogP contribution is -2.53. The number of anilines is 1.